The molecule has 2 N–H and O–H groups in total. The van der Waals surface area contributed by atoms with Gasteiger partial charge in [0.2, 0.25) is 0 Å². The number of nitrogens with zero attached hydrogens (tertiary/aromatic N) is 2. The Labute approximate surface area is 127 Å². The minimum atomic E-state index is -0.977. The lowest BCUT2D eigenvalue weighted by atomic mass is 9.90. The highest BCUT2D eigenvalue weighted by molar-refractivity contribution is 7.99. The number of benzene rings is 1. The van der Waals surface area contributed by atoms with Gasteiger partial charge in [-0.1, -0.05) is 41.9 Å². The Kier molecular flexibility index (Phi) is 5.02. The Morgan fingerprint density at radius 2 is 2.00 bits per heavy atom. The number of hydrogen-bond donors (Lipinski definition) is 1. The van der Waals surface area contributed by atoms with E-state index in [-0.39, 0.29) is 0 Å². The van der Waals surface area contributed by atoms with Crippen LogP contribution < -0.4 is 5.73 Å². The summed E-state index contributed by atoms with van der Waals surface area (Å²) in [7, 11) is 0. The first-order valence-corrected chi connectivity index (χ1v) is 7.51. The zero-order chi connectivity index (χ0) is 14.4. The smallest absolute Gasteiger partial charge is 0.130 e. The van der Waals surface area contributed by atoms with Gasteiger partial charge in [0.1, 0.15) is 10.6 Å². The maximum absolute atomic E-state index is 9.36. The number of pyridine rings is 1. The van der Waals surface area contributed by atoms with E-state index in [1.807, 2.05) is 30.3 Å². The Hall–Kier alpha value is -1.54. The molecule has 1 atom stereocenters. The van der Waals surface area contributed by atoms with E-state index >= 15 is 0 Å². The second-order valence-electron chi connectivity index (χ2n) is 4.34. The first-order chi connectivity index (χ1) is 9.65. The predicted octanol–water partition coefficient (Wildman–Crippen LogP) is 3.59. The van der Waals surface area contributed by atoms with Crippen molar-refractivity contribution in [3.05, 3.63) is 59.2 Å². The molecule has 1 heterocycles. The molecule has 1 aromatic heterocycles. The fourth-order valence-electron chi connectivity index (χ4n) is 1.79. The van der Waals surface area contributed by atoms with Crippen LogP contribution in [0, 0.1) is 11.3 Å². The van der Waals surface area contributed by atoms with Gasteiger partial charge in [-0.2, -0.15) is 5.26 Å². The van der Waals surface area contributed by atoms with Crippen LogP contribution in [0.15, 0.2) is 53.7 Å². The molecule has 0 aliphatic heterocycles. The highest BCUT2D eigenvalue weighted by atomic mass is 35.5. The van der Waals surface area contributed by atoms with E-state index in [0.29, 0.717) is 17.2 Å². The summed E-state index contributed by atoms with van der Waals surface area (Å²) in [5.41, 5.74) is 6.05. The Morgan fingerprint density at radius 1 is 1.25 bits per heavy atom. The van der Waals surface area contributed by atoms with Crippen LogP contribution in [0.25, 0.3) is 0 Å². The molecule has 0 saturated heterocycles. The van der Waals surface area contributed by atoms with Crippen molar-refractivity contribution < 1.29 is 0 Å². The summed E-state index contributed by atoms with van der Waals surface area (Å²) in [6.45, 7) is 0. The van der Waals surface area contributed by atoms with E-state index in [2.05, 4.69) is 11.1 Å². The molecule has 0 bridgehead atoms. The van der Waals surface area contributed by atoms with Crippen molar-refractivity contribution in [1.82, 2.24) is 4.98 Å². The quantitative estimate of drug-likeness (QED) is 0.857. The highest BCUT2D eigenvalue weighted by Gasteiger charge is 2.26. The van der Waals surface area contributed by atoms with E-state index in [1.165, 1.54) is 11.8 Å². The Bertz CT molecular complexity index is 612. The summed E-state index contributed by atoms with van der Waals surface area (Å²) >= 11 is 7.56. The van der Waals surface area contributed by atoms with E-state index in [9.17, 15) is 5.26 Å². The van der Waals surface area contributed by atoms with Crippen molar-refractivity contribution in [3.8, 4) is 6.07 Å². The van der Waals surface area contributed by atoms with Crippen LogP contribution >= 0.6 is 23.4 Å². The summed E-state index contributed by atoms with van der Waals surface area (Å²) in [6.07, 6.45) is 2.23. The number of aromatic nitrogens is 1. The van der Waals surface area contributed by atoms with Gasteiger partial charge in [0.25, 0.3) is 0 Å². The van der Waals surface area contributed by atoms with Gasteiger partial charge in [0.05, 0.1) is 11.1 Å². The topological polar surface area (TPSA) is 62.7 Å². The number of nitrogens with two attached hydrogens (primary N) is 1. The zero-order valence-electron chi connectivity index (χ0n) is 10.8. The van der Waals surface area contributed by atoms with Crippen molar-refractivity contribution in [1.29, 1.82) is 5.26 Å². The molecule has 0 spiro atoms. The standard InChI is InChI=1S/C15H14ClN3S/c16-13-7-4-9-19-14(13)20-10-8-15(18,11-17)12-5-2-1-3-6-12/h1-7,9H,8,10,18H2. The van der Waals surface area contributed by atoms with Gasteiger partial charge in [-0.05, 0) is 24.1 Å². The van der Waals surface area contributed by atoms with Crippen LogP contribution in [0.1, 0.15) is 12.0 Å². The molecule has 0 saturated carbocycles. The van der Waals surface area contributed by atoms with Crippen LogP contribution in [-0.2, 0) is 5.54 Å². The van der Waals surface area contributed by atoms with E-state index < -0.39 is 5.54 Å². The predicted molar refractivity (Wildman–Crippen MR) is 82.5 cm³/mol. The maximum atomic E-state index is 9.36. The third-order valence-corrected chi connectivity index (χ3v) is 4.37. The SMILES string of the molecule is N#CC(N)(CCSc1ncccc1Cl)c1ccccc1. The average Bonchev–Trinajstić information content (AvgIpc) is 2.50. The molecule has 5 heteroatoms. The van der Waals surface area contributed by atoms with Crippen molar-refractivity contribution in [2.45, 2.75) is 17.0 Å². The van der Waals surface area contributed by atoms with Crippen LogP contribution in [-0.4, -0.2) is 10.7 Å². The fraction of sp³-hybridized carbons (Fsp3) is 0.200. The number of nitriles is 1. The number of halogens is 1. The molecule has 2 aromatic rings. The van der Waals surface area contributed by atoms with Crippen LogP contribution in [0.4, 0.5) is 0 Å². The lowest BCUT2D eigenvalue weighted by Crippen LogP contribution is -2.35. The molecule has 102 valence electrons. The van der Waals surface area contributed by atoms with Crippen molar-refractivity contribution >= 4 is 23.4 Å². The number of thioether (sulfide) groups is 1. The molecule has 1 aromatic carbocycles. The molecule has 0 radical (unpaired) electrons. The summed E-state index contributed by atoms with van der Waals surface area (Å²) in [6, 6.07) is 15.2. The van der Waals surface area contributed by atoms with E-state index in [4.69, 9.17) is 17.3 Å². The van der Waals surface area contributed by atoms with Crippen molar-refractivity contribution in [2.75, 3.05) is 5.75 Å². The van der Waals surface area contributed by atoms with Gasteiger partial charge >= 0.3 is 0 Å². The van der Waals surface area contributed by atoms with Gasteiger partial charge < -0.3 is 5.73 Å². The summed E-state index contributed by atoms with van der Waals surface area (Å²) < 4.78 is 0. The molecule has 2 rings (SSSR count). The normalized spacial score (nSPS) is 13.4. The lowest BCUT2D eigenvalue weighted by molar-refractivity contribution is 0.560. The molecule has 20 heavy (non-hydrogen) atoms. The van der Waals surface area contributed by atoms with Gasteiger partial charge in [0.15, 0.2) is 0 Å². The van der Waals surface area contributed by atoms with E-state index in [1.54, 1.807) is 18.3 Å². The monoisotopic (exact) mass is 303 g/mol. The first kappa shape index (κ1) is 14.9. The largest absolute Gasteiger partial charge is 0.310 e. The molecule has 0 fully saturated rings. The number of hydrogen-bond acceptors (Lipinski definition) is 4. The van der Waals surface area contributed by atoms with Gasteiger partial charge in [-0.15, -0.1) is 11.8 Å². The summed E-state index contributed by atoms with van der Waals surface area (Å²) in [5, 5.41) is 10.8. The van der Waals surface area contributed by atoms with Crippen molar-refractivity contribution in [2.24, 2.45) is 5.73 Å². The minimum Gasteiger partial charge on any atom is -0.310 e. The molecular formula is C15H14ClN3S. The molecule has 0 aliphatic carbocycles. The van der Waals surface area contributed by atoms with E-state index in [0.717, 1.165) is 10.6 Å². The second-order valence-corrected chi connectivity index (χ2v) is 5.83. The van der Waals surface area contributed by atoms with Crippen LogP contribution in [0.3, 0.4) is 0 Å². The Balaban J connectivity index is 2.02. The third kappa shape index (κ3) is 3.51. The summed E-state index contributed by atoms with van der Waals surface area (Å²) in [5.74, 6) is 0.676. The fourth-order valence-corrected chi connectivity index (χ4v) is 3.03. The average molecular weight is 304 g/mol. The van der Waals surface area contributed by atoms with Crippen LogP contribution in [0.5, 0.6) is 0 Å². The molecule has 3 nitrogen and oxygen atoms in total. The number of rotatable bonds is 5. The van der Waals surface area contributed by atoms with Gasteiger partial charge in [0, 0.05) is 11.9 Å². The molecular weight excluding hydrogens is 290 g/mol. The van der Waals surface area contributed by atoms with Crippen LogP contribution in [0.2, 0.25) is 5.02 Å². The lowest BCUT2D eigenvalue weighted by Gasteiger charge is -2.21. The zero-order valence-corrected chi connectivity index (χ0v) is 12.4. The van der Waals surface area contributed by atoms with Crippen molar-refractivity contribution in [3.63, 3.8) is 0 Å². The second kappa shape index (κ2) is 6.76. The first-order valence-electron chi connectivity index (χ1n) is 6.15. The van der Waals surface area contributed by atoms with Gasteiger partial charge in [-0.25, -0.2) is 4.98 Å². The minimum absolute atomic E-state index is 0.533. The highest BCUT2D eigenvalue weighted by Crippen LogP contribution is 2.28. The molecule has 0 aliphatic rings. The maximum Gasteiger partial charge on any atom is 0.130 e. The molecule has 1 unspecified atom stereocenters. The molecule has 0 amide bonds. The van der Waals surface area contributed by atoms with Gasteiger partial charge in [-0.3, -0.25) is 0 Å². The summed E-state index contributed by atoms with van der Waals surface area (Å²) in [4.78, 5) is 4.20. The third-order valence-electron chi connectivity index (χ3n) is 2.95. The Morgan fingerprint density at radius 3 is 2.65 bits per heavy atom.